The molecule has 0 saturated heterocycles. The summed E-state index contributed by atoms with van der Waals surface area (Å²) in [4.78, 5) is 4.73. The van der Waals surface area contributed by atoms with E-state index in [1.165, 1.54) is 10.3 Å². The second-order valence-electron chi connectivity index (χ2n) is 6.15. The molecule has 0 aliphatic carbocycles. The predicted octanol–water partition coefficient (Wildman–Crippen LogP) is 6.84. The summed E-state index contributed by atoms with van der Waals surface area (Å²) in [6.07, 6.45) is 0. The van der Waals surface area contributed by atoms with Gasteiger partial charge in [-0.15, -0.1) is 11.3 Å². The Morgan fingerprint density at radius 1 is 0.926 bits per heavy atom. The highest BCUT2D eigenvalue weighted by Crippen LogP contribution is 2.31. The first-order chi connectivity index (χ1) is 13.1. The average molecular weight is 454 g/mol. The molecule has 4 aromatic rings. The molecule has 6 heteroatoms. The molecule has 3 aromatic carbocycles. The van der Waals surface area contributed by atoms with E-state index in [4.69, 9.17) is 17.2 Å². The molecule has 134 valence electrons. The van der Waals surface area contributed by atoms with E-state index in [1.54, 1.807) is 11.3 Å². The summed E-state index contributed by atoms with van der Waals surface area (Å²) in [7, 11) is 0. The van der Waals surface area contributed by atoms with Crippen molar-refractivity contribution in [1.82, 2.24) is 4.98 Å². The van der Waals surface area contributed by atoms with Crippen LogP contribution >= 0.6 is 39.5 Å². The number of benzene rings is 3. The molecule has 27 heavy (non-hydrogen) atoms. The zero-order valence-corrected chi connectivity index (χ0v) is 17.7. The lowest BCUT2D eigenvalue weighted by Crippen LogP contribution is -2.18. The van der Waals surface area contributed by atoms with E-state index in [0.717, 1.165) is 31.9 Å². The van der Waals surface area contributed by atoms with Crippen LogP contribution in [0, 0.1) is 6.92 Å². The Morgan fingerprint density at radius 3 is 2.22 bits per heavy atom. The van der Waals surface area contributed by atoms with Crippen LogP contribution in [-0.2, 0) is 0 Å². The van der Waals surface area contributed by atoms with Gasteiger partial charge in [-0.2, -0.15) is 0 Å². The van der Waals surface area contributed by atoms with Crippen molar-refractivity contribution >= 4 is 66.2 Å². The number of nitrogens with zero attached hydrogens (tertiary/aromatic N) is 1. The van der Waals surface area contributed by atoms with Gasteiger partial charge in [0.1, 0.15) is 5.01 Å². The van der Waals surface area contributed by atoms with Gasteiger partial charge >= 0.3 is 0 Å². The van der Waals surface area contributed by atoms with Crippen molar-refractivity contribution in [3.63, 3.8) is 0 Å². The minimum atomic E-state index is 0.556. The molecule has 3 nitrogen and oxygen atoms in total. The van der Waals surface area contributed by atoms with Crippen LogP contribution in [0.25, 0.3) is 20.8 Å². The minimum Gasteiger partial charge on any atom is -0.332 e. The summed E-state index contributed by atoms with van der Waals surface area (Å²) in [6, 6.07) is 22.4. The molecule has 1 heterocycles. The van der Waals surface area contributed by atoms with Crippen LogP contribution in [0.4, 0.5) is 11.4 Å². The van der Waals surface area contributed by atoms with Gasteiger partial charge in [0.25, 0.3) is 0 Å². The molecule has 0 unspecified atom stereocenters. The largest absolute Gasteiger partial charge is 0.332 e. The number of hydrogen-bond acceptors (Lipinski definition) is 3. The number of aryl methyl sites for hydroxylation is 1. The summed E-state index contributed by atoms with van der Waals surface area (Å²) in [5.74, 6) is 0. The Labute approximate surface area is 175 Å². The van der Waals surface area contributed by atoms with Gasteiger partial charge < -0.3 is 10.6 Å². The Balaban J connectivity index is 1.46. The Kier molecular flexibility index (Phi) is 5.20. The number of rotatable bonds is 3. The van der Waals surface area contributed by atoms with E-state index < -0.39 is 0 Å². The van der Waals surface area contributed by atoms with Crippen LogP contribution < -0.4 is 10.6 Å². The Hall–Kier alpha value is -2.28. The quantitative estimate of drug-likeness (QED) is 0.332. The molecule has 2 N–H and O–H groups in total. The third kappa shape index (κ3) is 4.35. The summed E-state index contributed by atoms with van der Waals surface area (Å²) >= 11 is 10.5. The topological polar surface area (TPSA) is 37.0 Å². The fourth-order valence-electron chi connectivity index (χ4n) is 2.68. The monoisotopic (exact) mass is 453 g/mol. The molecule has 0 atom stereocenters. The molecular formula is C21H16BrN3S2. The third-order valence-corrected chi connectivity index (χ3v) is 5.84. The zero-order chi connectivity index (χ0) is 18.8. The number of thiazole rings is 1. The first kappa shape index (κ1) is 18.1. The Morgan fingerprint density at radius 2 is 1.56 bits per heavy atom. The fraction of sp³-hybridized carbons (Fsp3) is 0.0476. The van der Waals surface area contributed by atoms with Gasteiger partial charge in [0, 0.05) is 21.4 Å². The van der Waals surface area contributed by atoms with Crippen molar-refractivity contribution in [3.05, 3.63) is 76.8 Å². The maximum absolute atomic E-state index is 5.39. The molecule has 4 rings (SSSR count). The van der Waals surface area contributed by atoms with Gasteiger partial charge in [0.05, 0.1) is 10.2 Å². The third-order valence-electron chi connectivity index (χ3n) is 4.04. The maximum Gasteiger partial charge on any atom is 0.175 e. The number of hydrogen-bond donors (Lipinski definition) is 2. The van der Waals surface area contributed by atoms with Crippen LogP contribution in [0.2, 0.25) is 0 Å². The van der Waals surface area contributed by atoms with Crippen molar-refractivity contribution in [3.8, 4) is 10.6 Å². The molecule has 0 saturated carbocycles. The van der Waals surface area contributed by atoms with Crippen molar-refractivity contribution in [2.24, 2.45) is 0 Å². The SMILES string of the molecule is Cc1ccc2nc(-c3ccc(NC(=S)Nc4ccc(Br)cc4)cc3)sc2c1. The van der Waals surface area contributed by atoms with Crippen LogP contribution in [0.5, 0.6) is 0 Å². The number of aromatic nitrogens is 1. The van der Waals surface area contributed by atoms with Crippen molar-refractivity contribution in [1.29, 1.82) is 0 Å². The van der Waals surface area contributed by atoms with E-state index in [0.29, 0.717) is 5.11 Å². The van der Waals surface area contributed by atoms with Crippen LogP contribution in [0.3, 0.4) is 0 Å². The molecule has 0 bridgehead atoms. The van der Waals surface area contributed by atoms with Crippen molar-refractivity contribution in [2.75, 3.05) is 10.6 Å². The lowest BCUT2D eigenvalue weighted by molar-refractivity contribution is 1.45. The first-order valence-corrected chi connectivity index (χ1v) is 10.4. The lowest BCUT2D eigenvalue weighted by Gasteiger charge is -2.11. The summed E-state index contributed by atoms with van der Waals surface area (Å²) in [5, 5.41) is 7.97. The summed E-state index contributed by atoms with van der Waals surface area (Å²) in [5.41, 5.74) is 5.28. The van der Waals surface area contributed by atoms with Gasteiger partial charge in [-0.1, -0.05) is 22.0 Å². The number of thiocarbonyl (C=S) groups is 1. The molecular weight excluding hydrogens is 438 g/mol. The van der Waals surface area contributed by atoms with E-state index in [2.05, 4.69) is 63.8 Å². The second-order valence-corrected chi connectivity index (χ2v) is 8.51. The molecule has 0 aliphatic rings. The average Bonchev–Trinajstić information content (AvgIpc) is 3.07. The maximum atomic E-state index is 5.39. The number of fused-ring (bicyclic) bond motifs is 1. The molecule has 0 amide bonds. The smallest absolute Gasteiger partial charge is 0.175 e. The predicted molar refractivity (Wildman–Crippen MR) is 124 cm³/mol. The standard InChI is InChI=1S/C21H16BrN3S2/c1-13-2-11-18-19(12-13)27-20(25-18)14-3-7-16(8-4-14)23-21(26)24-17-9-5-15(22)6-10-17/h2-12H,1H3,(H2,23,24,26). The minimum absolute atomic E-state index is 0.556. The molecule has 0 fully saturated rings. The summed E-state index contributed by atoms with van der Waals surface area (Å²) < 4.78 is 2.25. The van der Waals surface area contributed by atoms with Crippen molar-refractivity contribution < 1.29 is 0 Å². The summed E-state index contributed by atoms with van der Waals surface area (Å²) in [6.45, 7) is 2.10. The molecule has 1 aromatic heterocycles. The number of halogens is 1. The molecule has 0 radical (unpaired) electrons. The van der Waals surface area contributed by atoms with Gasteiger partial charge in [-0.05, 0) is 85.4 Å². The van der Waals surface area contributed by atoms with E-state index in [9.17, 15) is 0 Å². The highest BCUT2D eigenvalue weighted by atomic mass is 79.9. The fourth-order valence-corrected chi connectivity index (χ4v) is 4.25. The normalized spacial score (nSPS) is 10.7. The van der Waals surface area contributed by atoms with Crippen LogP contribution in [0.1, 0.15) is 5.56 Å². The number of anilines is 2. The van der Waals surface area contributed by atoms with Gasteiger partial charge in [-0.25, -0.2) is 4.98 Å². The molecule has 0 aliphatic heterocycles. The van der Waals surface area contributed by atoms with Crippen molar-refractivity contribution in [2.45, 2.75) is 6.92 Å². The van der Waals surface area contributed by atoms with Crippen LogP contribution in [0.15, 0.2) is 71.2 Å². The second kappa shape index (κ2) is 7.76. The zero-order valence-electron chi connectivity index (χ0n) is 14.5. The molecule has 0 spiro atoms. The number of nitrogens with one attached hydrogen (secondary N) is 2. The van der Waals surface area contributed by atoms with E-state index in [-0.39, 0.29) is 0 Å². The Bertz CT molecular complexity index is 1100. The first-order valence-electron chi connectivity index (χ1n) is 8.38. The van der Waals surface area contributed by atoms with Gasteiger partial charge in [0.2, 0.25) is 0 Å². The lowest BCUT2D eigenvalue weighted by atomic mass is 10.2. The van der Waals surface area contributed by atoms with E-state index >= 15 is 0 Å². The van der Waals surface area contributed by atoms with Gasteiger partial charge in [-0.3, -0.25) is 0 Å². The highest BCUT2D eigenvalue weighted by molar-refractivity contribution is 9.10. The van der Waals surface area contributed by atoms with Gasteiger partial charge in [0.15, 0.2) is 5.11 Å². The van der Waals surface area contributed by atoms with Crippen LogP contribution in [-0.4, -0.2) is 10.1 Å². The van der Waals surface area contributed by atoms with E-state index in [1.807, 2.05) is 36.4 Å². The highest BCUT2D eigenvalue weighted by Gasteiger charge is 2.07.